The van der Waals surface area contributed by atoms with E-state index in [0.29, 0.717) is 43.6 Å². The van der Waals surface area contributed by atoms with Crippen LogP contribution in [0.5, 0.6) is 11.5 Å². The molecule has 36 heavy (non-hydrogen) atoms. The van der Waals surface area contributed by atoms with Crippen molar-refractivity contribution in [1.29, 1.82) is 0 Å². The molecule has 2 heterocycles. The molecule has 0 bridgehead atoms. The van der Waals surface area contributed by atoms with Gasteiger partial charge in [-0.25, -0.2) is 9.79 Å². The Kier molecular flexibility index (Phi) is 7.45. The van der Waals surface area contributed by atoms with Crippen LogP contribution in [-0.4, -0.2) is 31.4 Å². The van der Waals surface area contributed by atoms with Gasteiger partial charge in [0.2, 0.25) is 0 Å². The van der Waals surface area contributed by atoms with Crippen LogP contribution in [0.2, 0.25) is 0 Å². The highest BCUT2D eigenvalue weighted by atomic mass is 32.1. The lowest BCUT2D eigenvalue weighted by Crippen LogP contribution is -2.39. The number of ether oxygens (including phenoxy) is 3. The molecule has 8 heteroatoms. The number of hydrogen-bond acceptors (Lipinski definition) is 7. The van der Waals surface area contributed by atoms with Crippen molar-refractivity contribution < 1.29 is 19.0 Å². The topological polar surface area (TPSA) is 79.1 Å². The summed E-state index contributed by atoms with van der Waals surface area (Å²) in [5, 5.41) is 0. The smallest absolute Gasteiger partial charge is 0.338 e. The largest absolute Gasteiger partial charge is 0.493 e. The fourth-order valence-corrected chi connectivity index (χ4v) is 5.30. The van der Waals surface area contributed by atoms with Gasteiger partial charge in [0, 0.05) is 0 Å². The van der Waals surface area contributed by atoms with Crippen LogP contribution >= 0.6 is 11.3 Å². The van der Waals surface area contributed by atoms with E-state index < -0.39 is 12.0 Å². The second-order valence-electron chi connectivity index (χ2n) is 8.74. The average Bonchev–Trinajstić information content (AvgIpc) is 3.17. The molecule has 188 valence electrons. The third kappa shape index (κ3) is 4.73. The molecule has 0 saturated carbocycles. The Bertz CT molecular complexity index is 1500. The Morgan fingerprint density at radius 1 is 1.11 bits per heavy atom. The van der Waals surface area contributed by atoms with Crippen LogP contribution in [0, 0.1) is 0 Å². The summed E-state index contributed by atoms with van der Waals surface area (Å²) in [4.78, 5) is 31.9. The molecule has 0 saturated heterocycles. The number of carbonyl (C=O) groups is 1. The van der Waals surface area contributed by atoms with Gasteiger partial charge >= 0.3 is 5.97 Å². The molecule has 7 nitrogen and oxygen atoms in total. The zero-order chi connectivity index (χ0) is 26.0. The Balaban J connectivity index is 1.92. The monoisotopic (exact) mass is 506 g/mol. The molecule has 0 amide bonds. The molecule has 0 unspecified atom stereocenters. The lowest BCUT2D eigenvalue weighted by molar-refractivity contribution is -0.139. The fraction of sp³-hybridized carbons (Fsp3) is 0.321. The number of aromatic nitrogens is 1. The van der Waals surface area contributed by atoms with E-state index in [2.05, 4.69) is 31.0 Å². The molecule has 2 aromatic carbocycles. The first-order valence-electron chi connectivity index (χ1n) is 11.8. The van der Waals surface area contributed by atoms with Crippen molar-refractivity contribution >= 4 is 23.4 Å². The zero-order valence-electron chi connectivity index (χ0n) is 21.3. The van der Waals surface area contributed by atoms with Crippen LogP contribution in [0.4, 0.5) is 0 Å². The van der Waals surface area contributed by atoms with Crippen LogP contribution in [0.15, 0.2) is 63.5 Å². The molecule has 4 rings (SSSR count). The molecule has 1 aromatic heterocycles. The van der Waals surface area contributed by atoms with Crippen molar-refractivity contribution in [3.05, 3.63) is 90.1 Å². The normalized spacial score (nSPS) is 15.5. The molecule has 0 radical (unpaired) electrons. The predicted molar refractivity (Wildman–Crippen MR) is 140 cm³/mol. The highest BCUT2D eigenvalue weighted by molar-refractivity contribution is 7.07. The van der Waals surface area contributed by atoms with Crippen molar-refractivity contribution in [3.63, 3.8) is 0 Å². The minimum Gasteiger partial charge on any atom is -0.493 e. The second-order valence-corrected chi connectivity index (χ2v) is 9.75. The minimum atomic E-state index is -0.717. The van der Waals surface area contributed by atoms with E-state index in [0.717, 1.165) is 5.56 Å². The Morgan fingerprint density at radius 2 is 1.81 bits per heavy atom. The number of rotatable bonds is 7. The number of hydrogen-bond donors (Lipinski definition) is 0. The number of benzene rings is 2. The van der Waals surface area contributed by atoms with Gasteiger partial charge in [0.1, 0.15) is 0 Å². The molecule has 1 aliphatic rings. The number of thiazole rings is 1. The Morgan fingerprint density at radius 3 is 2.42 bits per heavy atom. The summed E-state index contributed by atoms with van der Waals surface area (Å²) in [7, 11) is 3.10. The first-order valence-corrected chi connectivity index (χ1v) is 12.6. The van der Waals surface area contributed by atoms with E-state index in [-0.39, 0.29) is 12.2 Å². The van der Waals surface area contributed by atoms with E-state index >= 15 is 0 Å². The quantitative estimate of drug-likeness (QED) is 0.454. The number of allylic oxidation sites excluding steroid dienone is 1. The SMILES string of the molecule is CCOC(=O)C1=C(C)N=c2s/c(=C/c3ccc(C(C)C)cc3)c(=O)n2[C@@H]1c1ccc(OC)c(OC)c1. The second kappa shape index (κ2) is 10.5. The standard InChI is InChI=1S/C28H30N2O5S/c1-7-35-27(32)24-17(4)29-28-30(25(24)20-12-13-21(33-5)22(15-20)34-6)26(31)23(36-28)14-18-8-10-19(11-9-18)16(2)3/h8-16,25H,7H2,1-6H3/b23-14+/t25-/m1/s1. The van der Waals surface area contributed by atoms with Crippen molar-refractivity contribution in [2.45, 2.75) is 39.7 Å². The maximum absolute atomic E-state index is 13.7. The summed E-state index contributed by atoms with van der Waals surface area (Å²) in [5.74, 6) is 0.976. The van der Waals surface area contributed by atoms with E-state index in [4.69, 9.17) is 14.2 Å². The van der Waals surface area contributed by atoms with Gasteiger partial charge in [0.05, 0.1) is 42.7 Å². The minimum absolute atomic E-state index is 0.213. The molecule has 0 N–H and O–H groups in total. The molecule has 0 spiro atoms. The molecule has 0 fully saturated rings. The molecular weight excluding hydrogens is 476 g/mol. The van der Waals surface area contributed by atoms with Crippen LogP contribution in [-0.2, 0) is 9.53 Å². The number of esters is 1. The Hall–Kier alpha value is -3.65. The van der Waals surface area contributed by atoms with Gasteiger partial charge in [-0.2, -0.15) is 0 Å². The van der Waals surface area contributed by atoms with Gasteiger partial charge in [0.15, 0.2) is 16.3 Å². The highest BCUT2D eigenvalue weighted by Crippen LogP contribution is 2.36. The summed E-state index contributed by atoms with van der Waals surface area (Å²) in [6.45, 7) is 8.02. The fourth-order valence-electron chi connectivity index (χ4n) is 4.26. The number of nitrogens with zero attached hydrogens (tertiary/aromatic N) is 2. The van der Waals surface area contributed by atoms with E-state index in [1.54, 1.807) is 44.8 Å². The van der Waals surface area contributed by atoms with E-state index in [1.165, 1.54) is 16.9 Å². The first kappa shape index (κ1) is 25.4. The summed E-state index contributed by atoms with van der Waals surface area (Å²) < 4.78 is 18.3. The van der Waals surface area contributed by atoms with Gasteiger partial charge < -0.3 is 14.2 Å². The lowest BCUT2D eigenvalue weighted by atomic mass is 9.95. The van der Waals surface area contributed by atoms with Crippen molar-refractivity contribution in [2.24, 2.45) is 4.99 Å². The van der Waals surface area contributed by atoms with Gasteiger partial charge in [0.25, 0.3) is 5.56 Å². The van der Waals surface area contributed by atoms with E-state index in [1.807, 2.05) is 24.3 Å². The average molecular weight is 507 g/mol. The van der Waals surface area contributed by atoms with Gasteiger partial charge in [-0.05, 0) is 54.7 Å². The van der Waals surface area contributed by atoms with Crippen LogP contribution < -0.4 is 24.4 Å². The van der Waals surface area contributed by atoms with Crippen LogP contribution in [0.25, 0.3) is 6.08 Å². The van der Waals surface area contributed by atoms with Gasteiger partial charge in [-0.1, -0.05) is 55.5 Å². The molecule has 3 aromatic rings. The summed E-state index contributed by atoms with van der Waals surface area (Å²) in [6.07, 6.45) is 1.86. The number of carbonyl (C=O) groups excluding carboxylic acids is 1. The van der Waals surface area contributed by atoms with Crippen LogP contribution in [0.3, 0.4) is 0 Å². The summed E-state index contributed by atoms with van der Waals surface area (Å²) in [5.41, 5.74) is 3.47. The van der Waals surface area contributed by atoms with Crippen molar-refractivity contribution in [2.75, 3.05) is 20.8 Å². The molecule has 0 aliphatic carbocycles. The summed E-state index contributed by atoms with van der Waals surface area (Å²) >= 11 is 1.30. The predicted octanol–water partition coefficient (Wildman–Crippen LogP) is 3.94. The molecule has 1 aliphatic heterocycles. The zero-order valence-corrected chi connectivity index (χ0v) is 22.1. The van der Waals surface area contributed by atoms with Gasteiger partial charge in [-0.15, -0.1) is 0 Å². The van der Waals surface area contributed by atoms with Crippen molar-refractivity contribution in [1.82, 2.24) is 4.57 Å². The Labute approximate surface area is 214 Å². The first-order chi connectivity index (χ1) is 17.3. The van der Waals surface area contributed by atoms with Crippen LogP contribution in [0.1, 0.15) is 56.3 Å². The highest BCUT2D eigenvalue weighted by Gasteiger charge is 2.33. The maximum atomic E-state index is 13.7. The lowest BCUT2D eigenvalue weighted by Gasteiger charge is -2.25. The van der Waals surface area contributed by atoms with Crippen molar-refractivity contribution in [3.8, 4) is 11.5 Å². The maximum Gasteiger partial charge on any atom is 0.338 e. The summed E-state index contributed by atoms with van der Waals surface area (Å²) in [6, 6.07) is 12.8. The number of methoxy groups -OCH3 is 2. The molecular formula is C28H30N2O5S. The van der Waals surface area contributed by atoms with E-state index in [9.17, 15) is 9.59 Å². The molecule has 1 atom stereocenters. The number of fused-ring (bicyclic) bond motifs is 1. The third-order valence-corrected chi connectivity index (χ3v) is 7.12. The third-order valence-electron chi connectivity index (χ3n) is 6.14. The van der Waals surface area contributed by atoms with Gasteiger partial charge in [-0.3, -0.25) is 9.36 Å².